The zero-order valence-corrected chi connectivity index (χ0v) is 18.7. The van der Waals surface area contributed by atoms with E-state index in [0.717, 1.165) is 41.2 Å². The number of unbranched alkanes of at least 4 members (excludes halogenated alkanes) is 1. The molecule has 0 aliphatic carbocycles. The first-order chi connectivity index (χ1) is 15.6. The first kappa shape index (κ1) is 21.8. The number of hydrogen-bond donors (Lipinski definition) is 1. The number of rotatable bonds is 9. The monoisotopic (exact) mass is 430 g/mol. The van der Waals surface area contributed by atoms with Gasteiger partial charge in [-0.25, -0.2) is 0 Å². The van der Waals surface area contributed by atoms with Crippen molar-refractivity contribution in [2.24, 2.45) is 0 Å². The van der Waals surface area contributed by atoms with E-state index in [2.05, 4.69) is 19.2 Å². The molecule has 4 rings (SSSR count). The molecular formula is C27H30N2O3. The SMILES string of the molecule is CCCCN1C(=O)c2ccccc2NC1(C)c1ccc(OCCOc2ccccc2)cc1. The standard InChI is InChI=1S/C27H30N2O3/c1-3-4-18-29-26(30)24-12-8-9-13-25(24)28-27(29,2)21-14-16-23(17-15-21)32-20-19-31-22-10-6-5-7-11-22/h5-17,28H,3-4,18-20H2,1-2H3. The predicted octanol–water partition coefficient (Wildman–Crippen LogP) is 5.69. The Morgan fingerprint density at radius 3 is 2.16 bits per heavy atom. The second-order valence-corrected chi connectivity index (χ2v) is 8.09. The lowest BCUT2D eigenvalue weighted by atomic mass is 9.93. The molecule has 1 unspecified atom stereocenters. The van der Waals surface area contributed by atoms with Crippen molar-refractivity contribution in [1.29, 1.82) is 0 Å². The molecule has 5 nitrogen and oxygen atoms in total. The Morgan fingerprint density at radius 2 is 1.47 bits per heavy atom. The Morgan fingerprint density at radius 1 is 0.844 bits per heavy atom. The van der Waals surface area contributed by atoms with Gasteiger partial charge < -0.3 is 19.7 Å². The largest absolute Gasteiger partial charge is 0.490 e. The topological polar surface area (TPSA) is 50.8 Å². The van der Waals surface area contributed by atoms with E-state index in [1.807, 2.05) is 83.8 Å². The van der Waals surface area contributed by atoms with E-state index in [4.69, 9.17) is 9.47 Å². The number of carbonyl (C=O) groups is 1. The van der Waals surface area contributed by atoms with Crippen LogP contribution in [0.2, 0.25) is 0 Å². The molecule has 0 radical (unpaired) electrons. The molecule has 3 aromatic rings. The molecule has 0 spiro atoms. The number of carbonyl (C=O) groups excluding carboxylic acids is 1. The van der Waals surface area contributed by atoms with Crippen LogP contribution in [-0.4, -0.2) is 30.6 Å². The fourth-order valence-electron chi connectivity index (χ4n) is 4.04. The molecule has 1 heterocycles. The lowest BCUT2D eigenvalue weighted by Crippen LogP contribution is -2.56. The third-order valence-corrected chi connectivity index (χ3v) is 5.84. The third kappa shape index (κ3) is 4.57. The highest BCUT2D eigenvalue weighted by atomic mass is 16.5. The Hall–Kier alpha value is -3.47. The van der Waals surface area contributed by atoms with E-state index in [1.54, 1.807) is 0 Å². The van der Waals surface area contributed by atoms with Gasteiger partial charge in [0.2, 0.25) is 0 Å². The summed E-state index contributed by atoms with van der Waals surface area (Å²) in [5.41, 5.74) is 1.98. The van der Waals surface area contributed by atoms with Crippen molar-refractivity contribution in [3.05, 3.63) is 90.0 Å². The van der Waals surface area contributed by atoms with Crippen molar-refractivity contribution in [2.75, 3.05) is 25.1 Å². The van der Waals surface area contributed by atoms with Gasteiger partial charge in [-0.05, 0) is 55.3 Å². The number of benzene rings is 3. The van der Waals surface area contributed by atoms with Gasteiger partial charge >= 0.3 is 0 Å². The molecule has 0 saturated carbocycles. The molecule has 1 amide bonds. The zero-order valence-electron chi connectivity index (χ0n) is 18.7. The number of hydrogen-bond acceptors (Lipinski definition) is 4. The molecule has 32 heavy (non-hydrogen) atoms. The summed E-state index contributed by atoms with van der Waals surface area (Å²) in [4.78, 5) is 15.3. The van der Waals surface area contributed by atoms with Crippen molar-refractivity contribution in [1.82, 2.24) is 4.90 Å². The highest BCUT2D eigenvalue weighted by Gasteiger charge is 2.41. The van der Waals surface area contributed by atoms with Crippen molar-refractivity contribution in [3.8, 4) is 11.5 Å². The second kappa shape index (κ2) is 9.77. The molecule has 0 fully saturated rings. The lowest BCUT2D eigenvalue weighted by Gasteiger charge is -2.47. The van der Waals surface area contributed by atoms with Gasteiger partial charge in [0, 0.05) is 12.2 Å². The van der Waals surface area contributed by atoms with Gasteiger partial charge in [0.1, 0.15) is 30.4 Å². The fourth-order valence-corrected chi connectivity index (χ4v) is 4.04. The van der Waals surface area contributed by atoms with Crippen LogP contribution in [0.25, 0.3) is 0 Å². The maximum absolute atomic E-state index is 13.3. The van der Waals surface area contributed by atoms with Crippen LogP contribution in [0.15, 0.2) is 78.9 Å². The van der Waals surface area contributed by atoms with Gasteiger partial charge in [-0.1, -0.05) is 55.8 Å². The quantitative estimate of drug-likeness (QED) is 0.444. The van der Waals surface area contributed by atoms with Crippen LogP contribution in [-0.2, 0) is 5.66 Å². The van der Waals surface area contributed by atoms with Crippen LogP contribution in [0.4, 0.5) is 5.69 Å². The molecule has 1 N–H and O–H groups in total. The summed E-state index contributed by atoms with van der Waals surface area (Å²) < 4.78 is 11.5. The number of nitrogens with zero attached hydrogens (tertiary/aromatic N) is 1. The smallest absolute Gasteiger partial charge is 0.258 e. The van der Waals surface area contributed by atoms with E-state index < -0.39 is 5.66 Å². The summed E-state index contributed by atoms with van der Waals surface area (Å²) in [5, 5.41) is 3.61. The molecule has 0 aromatic heterocycles. The van der Waals surface area contributed by atoms with Crippen molar-refractivity contribution in [3.63, 3.8) is 0 Å². The third-order valence-electron chi connectivity index (χ3n) is 5.84. The molecule has 5 heteroatoms. The van der Waals surface area contributed by atoms with E-state index in [0.29, 0.717) is 19.8 Å². The summed E-state index contributed by atoms with van der Waals surface area (Å²) in [5.74, 6) is 1.67. The molecule has 3 aromatic carbocycles. The normalized spacial score (nSPS) is 17.4. The minimum absolute atomic E-state index is 0.0636. The average Bonchev–Trinajstić information content (AvgIpc) is 2.83. The number of nitrogens with one attached hydrogen (secondary N) is 1. The number of ether oxygens (including phenoxy) is 2. The minimum atomic E-state index is -0.629. The Labute approximate surface area is 190 Å². The molecule has 0 saturated heterocycles. The Kier molecular flexibility index (Phi) is 6.64. The van der Waals surface area contributed by atoms with Crippen molar-refractivity contribution >= 4 is 11.6 Å². The molecule has 1 atom stereocenters. The van der Waals surface area contributed by atoms with Gasteiger partial charge in [0.25, 0.3) is 5.91 Å². The second-order valence-electron chi connectivity index (χ2n) is 8.09. The van der Waals surface area contributed by atoms with Crippen LogP contribution in [0.5, 0.6) is 11.5 Å². The first-order valence-corrected chi connectivity index (χ1v) is 11.2. The number of para-hydroxylation sites is 2. The van der Waals surface area contributed by atoms with Crippen LogP contribution >= 0.6 is 0 Å². The van der Waals surface area contributed by atoms with Gasteiger partial charge in [-0.3, -0.25) is 4.79 Å². The molecule has 166 valence electrons. The van der Waals surface area contributed by atoms with Gasteiger partial charge in [0.15, 0.2) is 0 Å². The molecule has 0 bridgehead atoms. The number of fused-ring (bicyclic) bond motifs is 1. The van der Waals surface area contributed by atoms with Gasteiger partial charge in [0.05, 0.1) is 5.56 Å². The molecular weight excluding hydrogens is 400 g/mol. The van der Waals surface area contributed by atoms with Crippen molar-refractivity contribution < 1.29 is 14.3 Å². The van der Waals surface area contributed by atoms with Crippen molar-refractivity contribution in [2.45, 2.75) is 32.4 Å². The summed E-state index contributed by atoms with van der Waals surface area (Å²) in [6.45, 7) is 5.84. The average molecular weight is 431 g/mol. The maximum atomic E-state index is 13.3. The summed E-state index contributed by atoms with van der Waals surface area (Å²) in [6, 6.07) is 25.4. The van der Waals surface area contributed by atoms with Gasteiger partial charge in [-0.15, -0.1) is 0 Å². The van der Waals surface area contributed by atoms with E-state index in [1.165, 1.54) is 0 Å². The highest BCUT2D eigenvalue weighted by Crippen LogP contribution is 2.38. The van der Waals surface area contributed by atoms with E-state index in [-0.39, 0.29) is 5.91 Å². The van der Waals surface area contributed by atoms with Crippen LogP contribution in [0.1, 0.15) is 42.6 Å². The number of anilines is 1. The van der Waals surface area contributed by atoms with E-state index >= 15 is 0 Å². The Bertz CT molecular complexity index is 1040. The highest BCUT2D eigenvalue weighted by molar-refractivity contribution is 6.02. The van der Waals surface area contributed by atoms with Crippen LogP contribution in [0.3, 0.4) is 0 Å². The molecule has 1 aliphatic rings. The zero-order chi connectivity index (χ0) is 22.4. The number of amides is 1. The van der Waals surface area contributed by atoms with Crippen LogP contribution in [0, 0.1) is 0 Å². The minimum Gasteiger partial charge on any atom is -0.490 e. The van der Waals surface area contributed by atoms with Crippen LogP contribution < -0.4 is 14.8 Å². The summed E-state index contributed by atoms with van der Waals surface area (Å²) in [6.07, 6.45) is 1.98. The summed E-state index contributed by atoms with van der Waals surface area (Å²) in [7, 11) is 0. The molecule has 1 aliphatic heterocycles. The predicted molar refractivity (Wildman–Crippen MR) is 127 cm³/mol. The first-order valence-electron chi connectivity index (χ1n) is 11.2. The lowest BCUT2D eigenvalue weighted by molar-refractivity contribution is 0.0531. The van der Waals surface area contributed by atoms with E-state index in [9.17, 15) is 4.79 Å². The fraction of sp³-hybridized carbons (Fsp3) is 0.296. The maximum Gasteiger partial charge on any atom is 0.258 e. The summed E-state index contributed by atoms with van der Waals surface area (Å²) >= 11 is 0. The van der Waals surface area contributed by atoms with Gasteiger partial charge in [-0.2, -0.15) is 0 Å². The Balaban J connectivity index is 1.46.